The van der Waals surface area contributed by atoms with Crippen LogP contribution in [0, 0.1) is 10.1 Å². The van der Waals surface area contributed by atoms with Crippen LogP contribution in [-0.4, -0.2) is 13.9 Å². The minimum Gasteiger partial charge on any atom is -0.275 e. The van der Waals surface area contributed by atoms with Gasteiger partial charge in [-0.25, -0.2) is 4.98 Å². The lowest BCUT2D eigenvalue weighted by molar-refractivity contribution is -0.384. The molecule has 1 aromatic heterocycles. The minimum absolute atomic E-state index is 0.0412. The van der Waals surface area contributed by atoms with Crippen molar-refractivity contribution in [2.45, 2.75) is 0 Å². The van der Waals surface area contributed by atoms with Crippen LogP contribution in [-0.2, 0) is 0 Å². The summed E-state index contributed by atoms with van der Waals surface area (Å²) in [6.07, 6.45) is 1.50. The molecule has 0 N–H and O–H groups in total. The van der Waals surface area contributed by atoms with Gasteiger partial charge in [0, 0.05) is 12.1 Å². The highest BCUT2D eigenvalue weighted by atomic mass is 32.1. The Hall–Kier alpha value is -1.56. The largest absolute Gasteiger partial charge is 0.275 e. The minimum atomic E-state index is -0.447. The highest BCUT2D eigenvalue weighted by molar-refractivity contribution is 7.78. The molecule has 66 valence electrons. The Morgan fingerprint density at radius 3 is 3.00 bits per heavy atom. The number of hydrogen-bond acceptors (Lipinski definition) is 4. The van der Waals surface area contributed by atoms with Crippen molar-refractivity contribution in [1.82, 2.24) is 8.96 Å². The number of hydrogen-bond donors (Lipinski definition) is 1. The maximum atomic E-state index is 10.4. The van der Waals surface area contributed by atoms with Crippen molar-refractivity contribution in [3.63, 3.8) is 0 Å². The summed E-state index contributed by atoms with van der Waals surface area (Å²) in [7, 11) is 0. The summed E-state index contributed by atoms with van der Waals surface area (Å²) < 4.78 is 1.51. The van der Waals surface area contributed by atoms with E-state index in [0.29, 0.717) is 5.52 Å². The van der Waals surface area contributed by atoms with Crippen molar-refractivity contribution in [2.75, 3.05) is 0 Å². The zero-order valence-electron chi connectivity index (χ0n) is 6.41. The number of imidazole rings is 1. The van der Waals surface area contributed by atoms with Crippen molar-refractivity contribution < 1.29 is 4.92 Å². The van der Waals surface area contributed by atoms with Crippen LogP contribution in [0.15, 0.2) is 24.5 Å². The Morgan fingerprint density at radius 2 is 2.31 bits per heavy atom. The molecule has 0 spiro atoms. The zero-order chi connectivity index (χ0) is 9.42. The monoisotopic (exact) mass is 195 g/mol. The number of nitrogens with zero attached hydrogens (tertiary/aromatic N) is 3. The summed E-state index contributed by atoms with van der Waals surface area (Å²) in [5, 5.41) is 10.4. The van der Waals surface area contributed by atoms with Crippen LogP contribution < -0.4 is 0 Å². The summed E-state index contributed by atoms with van der Waals surface area (Å²) in [5.41, 5.74) is 1.37. The van der Waals surface area contributed by atoms with E-state index in [1.54, 1.807) is 6.07 Å². The molecular formula is C7H5N3O2S. The fraction of sp³-hybridized carbons (Fsp3) is 0. The molecule has 0 bridgehead atoms. The van der Waals surface area contributed by atoms with E-state index >= 15 is 0 Å². The van der Waals surface area contributed by atoms with Gasteiger partial charge in [-0.15, -0.1) is 0 Å². The third-order valence-corrected chi connectivity index (χ3v) is 2.04. The van der Waals surface area contributed by atoms with Gasteiger partial charge in [0.15, 0.2) is 0 Å². The van der Waals surface area contributed by atoms with E-state index in [1.165, 1.54) is 22.4 Å². The molecule has 0 aliphatic carbocycles. The molecule has 0 unspecified atom stereocenters. The molecule has 1 aromatic carbocycles. The van der Waals surface area contributed by atoms with Gasteiger partial charge in [0.05, 0.1) is 16.0 Å². The van der Waals surface area contributed by atoms with E-state index in [-0.39, 0.29) is 5.69 Å². The van der Waals surface area contributed by atoms with Crippen molar-refractivity contribution in [3.05, 3.63) is 34.6 Å². The first kappa shape index (κ1) is 8.06. The third-order valence-electron chi connectivity index (χ3n) is 1.72. The lowest BCUT2D eigenvalue weighted by atomic mass is 10.3. The topological polar surface area (TPSA) is 61.0 Å². The Labute approximate surface area is 78.7 Å². The highest BCUT2D eigenvalue weighted by Crippen LogP contribution is 2.19. The molecule has 0 saturated heterocycles. The van der Waals surface area contributed by atoms with Gasteiger partial charge in [-0.3, -0.25) is 14.1 Å². The number of fused-ring (bicyclic) bond motifs is 1. The fourth-order valence-corrected chi connectivity index (χ4v) is 1.32. The highest BCUT2D eigenvalue weighted by Gasteiger charge is 2.08. The lowest BCUT2D eigenvalue weighted by Gasteiger charge is -1.92. The molecular weight excluding hydrogens is 190 g/mol. The van der Waals surface area contributed by atoms with E-state index in [1.807, 2.05) is 0 Å². The van der Waals surface area contributed by atoms with E-state index in [9.17, 15) is 10.1 Å². The molecule has 0 fully saturated rings. The maximum absolute atomic E-state index is 10.4. The Kier molecular flexibility index (Phi) is 1.70. The van der Waals surface area contributed by atoms with Crippen LogP contribution in [0.25, 0.3) is 11.0 Å². The summed E-state index contributed by atoms with van der Waals surface area (Å²) in [4.78, 5) is 13.9. The summed E-state index contributed by atoms with van der Waals surface area (Å²) in [6, 6.07) is 4.46. The average molecular weight is 195 g/mol. The smallest absolute Gasteiger partial charge is 0.271 e. The SMILES string of the molecule is O=[N+]([O-])c1ccc2c(c1)ncn2S. The van der Waals surface area contributed by atoms with Crippen molar-refractivity contribution in [1.29, 1.82) is 0 Å². The Balaban J connectivity index is 2.70. The second-order valence-electron chi connectivity index (χ2n) is 2.52. The number of nitro benzene ring substituents is 1. The predicted molar refractivity (Wildman–Crippen MR) is 50.8 cm³/mol. The van der Waals surface area contributed by atoms with E-state index < -0.39 is 4.92 Å². The van der Waals surface area contributed by atoms with Gasteiger partial charge in [0.25, 0.3) is 5.69 Å². The number of thiol groups is 1. The number of nitro groups is 1. The predicted octanol–water partition coefficient (Wildman–Crippen LogP) is 1.64. The number of aromatic nitrogens is 2. The quantitative estimate of drug-likeness (QED) is 0.427. The first-order valence-corrected chi connectivity index (χ1v) is 3.89. The normalized spacial score (nSPS) is 10.5. The van der Waals surface area contributed by atoms with Gasteiger partial charge in [0.1, 0.15) is 6.33 Å². The second kappa shape index (κ2) is 2.74. The van der Waals surface area contributed by atoms with Gasteiger partial charge < -0.3 is 0 Å². The van der Waals surface area contributed by atoms with Crippen LogP contribution in [0.3, 0.4) is 0 Å². The van der Waals surface area contributed by atoms with Gasteiger partial charge in [-0.05, 0) is 6.07 Å². The van der Waals surface area contributed by atoms with Crippen LogP contribution in [0.1, 0.15) is 0 Å². The molecule has 6 heteroatoms. The van der Waals surface area contributed by atoms with Crippen molar-refractivity contribution >= 4 is 29.5 Å². The van der Waals surface area contributed by atoms with Gasteiger partial charge in [-0.1, -0.05) is 12.8 Å². The first-order chi connectivity index (χ1) is 6.18. The fourth-order valence-electron chi connectivity index (χ4n) is 1.10. The van der Waals surface area contributed by atoms with E-state index in [4.69, 9.17) is 0 Å². The molecule has 0 radical (unpaired) electrons. The molecule has 0 aliphatic rings. The van der Waals surface area contributed by atoms with Crippen LogP contribution in [0.2, 0.25) is 0 Å². The van der Waals surface area contributed by atoms with Crippen molar-refractivity contribution in [2.24, 2.45) is 0 Å². The molecule has 0 saturated carbocycles. The van der Waals surface area contributed by atoms with Crippen LogP contribution in [0.4, 0.5) is 5.69 Å². The molecule has 13 heavy (non-hydrogen) atoms. The zero-order valence-corrected chi connectivity index (χ0v) is 7.31. The average Bonchev–Trinajstić information content (AvgIpc) is 2.47. The molecule has 2 rings (SSSR count). The number of benzene rings is 1. The molecule has 0 atom stereocenters. The van der Waals surface area contributed by atoms with Crippen molar-refractivity contribution in [3.8, 4) is 0 Å². The maximum Gasteiger partial charge on any atom is 0.271 e. The first-order valence-electron chi connectivity index (χ1n) is 3.49. The van der Waals surface area contributed by atoms with Gasteiger partial charge >= 0.3 is 0 Å². The molecule has 0 amide bonds. The van der Waals surface area contributed by atoms with E-state index in [0.717, 1.165) is 5.52 Å². The number of rotatable bonds is 1. The Bertz CT molecular complexity index is 480. The van der Waals surface area contributed by atoms with Gasteiger partial charge in [-0.2, -0.15) is 0 Å². The third kappa shape index (κ3) is 1.25. The molecule has 1 heterocycles. The summed E-state index contributed by atoms with van der Waals surface area (Å²) in [5.74, 6) is 0. The summed E-state index contributed by atoms with van der Waals surface area (Å²) >= 11 is 4.07. The summed E-state index contributed by atoms with van der Waals surface area (Å²) in [6.45, 7) is 0. The Morgan fingerprint density at radius 1 is 1.54 bits per heavy atom. The van der Waals surface area contributed by atoms with Crippen LogP contribution >= 0.6 is 12.8 Å². The van der Waals surface area contributed by atoms with Gasteiger partial charge in [0.2, 0.25) is 0 Å². The second-order valence-corrected chi connectivity index (χ2v) is 2.95. The molecule has 5 nitrogen and oxygen atoms in total. The number of non-ortho nitro benzene ring substituents is 1. The molecule has 0 aliphatic heterocycles. The van der Waals surface area contributed by atoms with Crippen LogP contribution in [0.5, 0.6) is 0 Å². The lowest BCUT2D eigenvalue weighted by Crippen LogP contribution is -1.87. The van der Waals surface area contributed by atoms with E-state index in [2.05, 4.69) is 17.8 Å². The standard InChI is InChI=1S/C7H5N3O2S/c11-10(12)5-1-2-7-6(3-5)8-4-9(7)13/h1-4,13H. The molecule has 2 aromatic rings.